The number of hydrogen-bond acceptors (Lipinski definition) is 4. The molecule has 1 rings (SSSR count). The molecular formula is C12H20N4O. The van der Waals surface area contributed by atoms with Gasteiger partial charge in [-0.25, -0.2) is 0 Å². The summed E-state index contributed by atoms with van der Waals surface area (Å²) in [5, 5.41) is 0. The van der Waals surface area contributed by atoms with Gasteiger partial charge < -0.3 is 16.4 Å². The van der Waals surface area contributed by atoms with Gasteiger partial charge in [0.25, 0.3) is 5.91 Å². The van der Waals surface area contributed by atoms with E-state index in [1.807, 2.05) is 6.07 Å². The van der Waals surface area contributed by atoms with Crippen molar-refractivity contribution >= 4 is 11.6 Å². The van der Waals surface area contributed by atoms with Gasteiger partial charge >= 0.3 is 0 Å². The fourth-order valence-electron chi connectivity index (χ4n) is 1.62. The van der Waals surface area contributed by atoms with Crippen molar-refractivity contribution in [2.24, 2.45) is 17.4 Å². The molecule has 0 saturated heterocycles. The fourth-order valence-corrected chi connectivity index (χ4v) is 1.62. The molecule has 1 amide bonds. The normalized spacial score (nSPS) is 12.2. The fraction of sp³-hybridized carbons (Fsp3) is 0.500. The summed E-state index contributed by atoms with van der Waals surface area (Å²) < 4.78 is 0. The minimum Gasteiger partial charge on any atom is -0.371 e. The topological polar surface area (TPSA) is 85.2 Å². The molecular weight excluding hydrogens is 216 g/mol. The molecule has 94 valence electrons. The molecule has 1 aromatic heterocycles. The maximum Gasteiger partial charge on any atom is 0.267 e. The summed E-state index contributed by atoms with van der Waals surface area (Å²) in [6.45, 7) is 6.51. The lowest BCUT2D eigenvalue weighted by atomic mass is 10.1. The quantitative estimate of drug-likeness (QED) is 0.757. The van der Waals surface area contributed by atoms with Crippen molar-refractivity contribution in [1.29, 1.82) is 0 Å². The molecule has 1 atom stereocenters. The molecule has 0 bridgehead atoms. The summed E-state index contributed by atoms with van der Waals surface area (Å²) in [5.41, 5.74) is 12.1. The zero-order valence-electron chi connectivity index (χ0n) is 10.4. The van der Waals surface area contributed by atoms with Crippen LogP contribution in [-0.2, 0) is 0 Å². The average molecular weight is 236 g/mol. The standard InChI is InChI=1S/C12H20N4O/c1-3-16(8-9(2)7-13)10-4-5-15-11(6-10)12(14)17/h4-6,9H,3,7-8,13H2,1-2H3,(H2,14,17). The molecule has 4 N–H and O–H groups in total. The third kappa shape index (κ3) is 3.71. The van der Waals surface area contributed by atoms with Crippen molar-refractivity contribution < 1.29 is 4.79 Å². The monoisotopic (exact) mass is 236 g/mol. The molecule has 17 heavy (non-hydrogen) atoms. The van der Waals surface area contributed by atoms with Gasteiger partial charge in [-0.1, -0.05) is 6.92 Å². The van der Waals surface area contributed by atoms with Crippen LogP contribution in [0.3, 0.4) is 0 Å². The summed E-state index contributed by atoms with van der Waals surface area (Å²) in [6, 6.07) is 3.59. The lowest BCUT2D eigenvalue weighted by Gasteiger charge is -2.26. The Morgan fingerprint density at radius 1 is 1.59 bits per heavy atom. The molecule has 0 aliphatic heterocycles. The lowest BCUT2D eigenvalue weighted by molar-refractivity contribution is 0.0995. The van der Waals surface area contributed by atoms with Gasteiger partial charge in [0.1, 0.15) is 5.69 Å². The Morgan fingerprint density at radius 2 is 2.29 bits per heavy atom. The van der Waals surface area contributed by atoms with Crippen LogP contribution in [0.25, 0.3) is 0 Å². The highest BCUT2D eigenvalue weighted by Crippen LogP contribution is 2.15. The number of carbonyl (C=O) groups excluding carboxylic acids is 1. The molecule has 1 aromatic rings. The maximum absolute atomic E-state index is 11.1. The molecule has 0 aliphatic rings. The number of amides is 1. The Hall–Kier alpha value is -1.62. The van der Waals surface area contributed by atoms with Crippen LogP contribution in [-0.4, -0.2) is 30.5 Å². The summed E-state index contributed by atoms with van der Waals surface area (Å²) in [5.74, 6) is -0.102. The summed E-state index contributed by atoms with van der Waals surface area (Å²) in [7, 11) is 0. The first-order valence-corrected chi connectivity index (χ1v) is 5.79. The maximum atomic E-state index is 11.1. The highest BCUT2D eigenvalue weighted by Gasteiger charge is 2.10. The van der Waals surface area contributed by atoms with Crippen LogP contribution in [0.15, 0.2) is 18.3 Å². The van der Waals surface area contributed by atoms with Gasteiger partial charge in [-0.2, -0.15) is 0 Å². The van der Waals surface area contributed by atoms with Crippen LogP contribution < -0.4 is 16.4 Å². The SMILES string of the molecule is CCN(CC(C)CN)c1ccnc(C(N)=O)c1. The number of hydrogen-bond donors (Lipinski definition) is 2. The number of rotatable bonds is 6. The minimum absolute atomic E-state index is 0.293. The van der Waals surface area contributed by atoms with E-state index in [9.17, 15) is 4.79 Å². The van der Waals surface area contributed by atoms with Crippen LogP contribution in [0, 0.1) is 5.92 Å². The molecule has 5 nitrogen and oxygen atoms in total. The van der Waals surface area contributed by atoms with Gasteiger partial charge in [0, 0.05) is 25.0 Å². The number of primary amides is 1. The van der Waals surface area contributed by atoms with Crippen LogP contribution in [0.1, 0.15) is 24.3 Å². The number of aromatic nitrogens is 1. The van der Waals surface area contributed by atoms with E-state index in [1.165, 1.54) is 0 Å². The molecule has 0 aliphatic carbocycles. The number of pyridine rings is 1. The second-order valence-corrected chi connectivity index (χ2v) is 4.14. The van der Waals surface area contributed by atoms with Crippen molar-refractivity contribution in [2.75, 3.05) is 24.5 Å². The number of carbonyl (C=O) groups is 1. The summed E-state index contributed by atoms with van der Waals surface area (Å²) in [4.78, 5) is 17.2. The van der Waals surface area contributed by atoms with E-state index in [0.29, 0.717) is 18.2 Å². The molecule has 5 heteroatoms. The average Bonchev–Trinajstić information content (AvgIpc) is 2.35. The minimum atomic E-state index is -0.505. The van der Waals surface area contributed by atoms with Crippen molar-refractivity contribution in [2.45, 2.75) is 13.8 Å². The summed E-state index contributed by atoms with van der Waals surface area (Å²) in [6.07, 6.45) is 1.60. The highest BCUT2D eigenvalue weighted by molar-refractivity contribution is 5.91. The number of anilines is 1. The first-order chi connectivity index (χ1) is 8.08. The van der Waals surface area contributed by atoms with Gasteiger partial charge in [0.15, 0.2) is 0 Å². The third-order valence-electron chi connectivity index (χ3n) is 2.68. The van der Waals surface area contributed by atoms with Gasteiger partial charge in [0.05, 0.1) is 0 Å². The van der Waals surface area contributed by atoms with Crippen LogP contribution in [0.2, 0.25) is 0 Å². The number of nitrogens with two attached hydrogens (primary N) is 2. The predicted octanol–water partition coefficient (Wildman–Crippen LogP) is 0.602. The molecule has 1 heterocycles. The molecule has 0 spiro atoms. The molecule has 1 unspecified atom stereocenters. The molecule has 0 aromatic carbocycles. The van der Waals surface area contributed by atoms with Gasteiger partial charge in [-0.05, 0) is 31.5 Å². The van der Waals surface area contributed by atoms with E-state index in [4.69, 9.17) is 11.5 Å². The third-order valence-corrected chi connectivity index (χ3v) is 2.68. The molecule has 0 radical (unpaired) electrons. The second kappa shape index (κ2) is 6.20. The van der Waals surface area contributed by atoms with Gasteiger partial charge in [0.2, 0.25) is 0 Å². The largest absolute Gasteiger partial charge is 0.371 e. The van der Waals surface area contributed by atoms with E-state index in [2.05, 4.69) is 23.7 Å². The first-order valence-electron chi connectivity index (χ1n) is 5.79. The van der Waals surface area contributed by atoms with E-state index >= 15 is 0 Å². The zero-order chi connectivity index (χ0) is 12.8. The van der Waals surface area contributed by atoms with Crippen LogP contribution >= 0.6 is 0 Å². The van der Waals surface area contributed by atoms with Gasteiger partial charge in [-0.15, -0.1) is 0 Å². The predicted molar refractivity (Wildman–Crippen MR) is 68.9 cm³/mol. The second-order valence-electron chi connectivity index (χ2n) is 4.14. The van der Waals surface area contributed by atoms with Crippen molar-refractivity contribution in [3.8, 4) is 0 Å². The molecule has 0 saturated carbocycles. The van der Waals surface area contributed by atoms with E-state index < -0.39 is 5.91 Å². The van der Waals surface area contributed by atoms with E-state index in [1.54, 1.807) is 12.3 Å². The lowest BCUT2D eigenvalue weighted by Crippen LogP contribution is -2.31. The van der Waals surface area contributed by atoms with Crippen molar-refractivity contribution in [1.82, 2.24) is 4.98 Å². The zero-order valence-corrected chi connectivity index (χ0v) is 10.4. The van der Waals surface area contributed by atoms with Gasteiger partial charge in [-0.3, -0.25) is 9.78 Å². The smallest absolute Gasteiger partial charge is 0.267 e. The van der Waals surface area contributed by atoms with Crippen molar-refractivity contribution in [3.05, 3.63) is 24.0 Å². The Bertz CT molecular complexity index is 381. The van der Waals surface area contributed by atoms with Crippen LogP contribution in [0.4, 0.5) is 5.69 Å². The Morgan fingerprint density at radius 3 is 2.82 bits per heavy atom. The Kier molecular flexibility index (Phi) is 4.90. The van der Waals surface area contributed by atoms with Crippen LogP contribution in [0.5, 0.6) is 0 Å². The molecule has 0 fully saturated rings. The van der Waals surface area contributed by atoms with E-state index in [0.717, 1.165) is 18.8 Å². The summed E-state index contributed by atoms with van der Waals surface area (Å²) >= 11 is 0. The number of nitrogens with zero attached hydrogens (tertiary/aromatic N) is 2. The Balaban J connectivity index is 2.88. The Labute approximate surface area is 102 Å². The first kappa shape index (κ1) is 13.4. The van der Waals surface area contributed by atoms with E-state index in [-0.39, 0.29) is 0 Å². The highest BCUT2D eigenvalue weighted by atomic mass is 16.1. The van der Waals surface area contributed by atoms with Crippen molar-refractivity contribution in [3.63, 3.8) is 0 Å².